The summed E-state index contributed by atoms with van der Waals surface area (Å²) in [7, 11) is -10.0. The van der Waals surface area contributed by atoms with E-state index in [9.17, 15) is 16.8 Å². The summed E-state index contributed by atoms with van der Waals surface area (Å²) in [5, 5.41) is 0. The standard InChI is InChI=1S/C8H20O6S2Si.Li.H/c1-4-8-17(2,3)14-16(12,13)7-5-6-15(9,10)11;;/h4-8H2,1-3H3,(H,9,10,11);;. The molecule has 0 fully saturated rings. The second-order valence-corrected chi connectivity index (χ2v) is 12.3. The third kappa shape index (κ3) is 11.7. The Labute approximate surface area is 123 Å². The molecule has 10 heteroatoms. The van der Waals surface area contributed by atoms with E-state index in [2.05, 4.69) is 0 Å². The minimum atomic E-state index is -4.11. The van der Waals surface area contributed by atoms with Gasteiger partial charge in [-0.15, -0.1) is 0 Å². The van der Waals surface area contributed by atoms with Gasteiger partial charge in [0.1, 0.15) is 0 Å². The first-order chi connectivity index (χ1) is 7.47. The Bertz CT molecular complexity index is 431. The summed E-state index contributed by atoms with van der Waals surface area (Å²) in [6.07, 6.45) is 0.692. The summed E-state index contributed by atoms with van der Waals surface area (Å²) >= 11 is 0. The van der Waals surface area contributed by atoms with Crippen LogP contribution in [-0.4, -0.2) is 60.1 Å². The molecule has 0 aromatic heterocycles. The van der Waals surface area contributed by atoms with Gasteiger partial charge >= 0.3 is 18.9 Å². The van der Waals surface area contributed by atoms with Crippen molar-refractivity contribution in [3.05, 3.63) is 0 Å². The molecular weight excluding hydrogens is 291 g/mol. The summed E-state index contributed by atoms with van der Waals surface area (Å²) in [5.74, 6) is -0.946. The fourth-order valence-electron chi connectivity index (χ4n) is 1.45. The van der Waals surface area contributed by atoms with Gasteiger partial charge in [0.15, 0.2) is 0 Å². The molecule has 0 bridgehead atoms. The van der Waals surface area contributed by atoms with Crippen LogP contribution in [0.15, 0.2) is 0 Å². The van der Waals surface area contributed by atoms with Crippen LogP contribution in [0.1, 0.15) is 19.8 Å². The first kappa shape index (κ1) is 20.9. The van der Waals surface area contributed by atoms with Gasteiger partial charge in [-0.1, -0.05) is 13.3 Å². The molecule has 0 aliphatic carbocycles. The second-order valence-electron chi connectivity index (χ2n) is 4.49. The first-order valence-electron chi connectivity index (χ1n) is 5.36. The van der Waals surface area contributed by atoms with Crippen LogP contribution < -0.4 is 0 Å². The number of hydrogen-bond donors (Lipinski definition) is 1. The topological polar surface area (TPSA) is 97.7 Å². The second kappa shape index (κ2) is 8.04. The van der Waals surface area contributed by atoms with Gasteiger partial charge in [-0.25, -0.2) is 8.42 Å². The molecule has 0 aliphatic rings. The van der Waals surface area contributed by atoms with Crippen molar-refractivity contribution in [1.82, 2.24) is 0 Å². The molecule has 0 heterocycles. The Kier molecular flexibility index (Phi) is 9.35. The molecular formula is C8H21LiO6S2Si. The van der Waals surface area contributed by atoms with Crippen LogP contribution in [0.3, 0.4) is 0 Å². The van der Waals surface area contributed by atoms with Crippen molar-refractivity contribution in [3.8, 4) is 0 Å². The molecule has 0 spiro atoms. The van der Waals surface area contributed by atoms with Crippen LogP contribution in [0.5, 0.6) is 0 Å². The average molecular weight is 312 g/mol. The molecule has 0 unspecified atom stereocenters. The maximum absolute atomic E-state index is 11.5. The van der Waals surface area contributed by atoms with E-state index in [1.54, 1.807) is 13.1 Å². The summed E-state index contributed by atoms with van der Waals surface area (Å²) in [6, 6.07) is 0.727. The Morgan fingerprint density at radius 3 is 2.00 bits per heavy atom. The van der Waals surface area contributed by atoms with Crippen molar-refractivity contribution in [1.29, 1.82) is 0 Å². The van der Waals surface area contributed by atoms with Crippen LogP contribution in [0.2, 0.25) is 19.1 Å². The third-order valence-corrected chi connectivity index (χ3v) is 8.12. The summed E-state index contributed by atoms with van der Waals surface area (Å²) in [4.78, 5) is 0. The van der Waals surface area contributed by atoms with Crippen molar-refractivity contribution in [2.75, 3.05) is 11.5 Å². The van der Waals surface area contributed by atoms with Gasteiger partial charge in [0.05, 0.1) is 11.5 Å². The van der Waals surface area contributed by atoms with Crippen LogP contribution in [0.25, 0.3) is 0 Å². The van der Waals surface area contributed by atoms with Crippen LogP contribution >= 0.6 is 0 Å². The summed E-state index contributed by atoms with van der Waals surface area (Å²) in [6.45, 7) is 5.55. The van der Waals surface area contributed by atoms with E-state index < -0.39 is 34.3 Å². The van der Waals surface area contributed by atoms with Crippen LogP contribution in [0, 0.1) is 0 Å². The van der Waals surface area contributed by atoms with Crippen molar-refractivity contribution in [3.63, 3.8) is 0 Å². The summed E-state index contributed by atoms with van der Waals surface area (Å²) in [5.41, 5.74) is 0. The molecule has 0 saturated carbocycles. The van der Waals surface area contributed by atoms with E-state index in [1.165, 1.54) is 0 Å². The zero-order valence-electron chi connectivity index (χ0n) is 10.3. The van der Waals surface area contributed by atoms with Crippen LogP contribution in [0.4, 0.5) is 0 Å². The Hall–Kier alpha value is 0.634. The fourth-order valence-corrected chi connectivity index (χ4v) is 7.26. The predicted octanol–water partition coefficient (Wildman–Crippen LogP) is 0.577. The number of hydrogen-bond acceptors (Lipinski definition) is 5. The molecule has 18 heavy (non-hydrogen) atoms. The Balaban J connectivity index is 0. The summed E-state index contributed by atoms with van der Waals surface area (Å²) < 4.78 is 57.5. The number of rotatable bonds is 8. The molecule has 0 radical (unpaired) electrons. The molecule has 0 rings (SSSR count). The zero-order valence-corrected chi connectivity index (χ0v) is 13.0. The van der Waals surface area contributed by atoms with E-state index in [4.69, 9.17) is 8.42 Å². The van der Waals surface area contributed by atoms with Gasteiger partial charge < -0.3 is 3.87 Å². The predicted molar refractivity (Wildman–Crippen MR) is 75.6 cm³/mol. The fraction of sp³-hybridized carbons (Fsp3) is 1.00. The van der Waals surface area contributed by atoms with Crippen molar-refractivity contribution >= 4 is 47.4 Å². The van der Waals surface area contributed by atoms with Crippen molar-refractivity contribution < 1.29 is 25.3 Å². The molecule has 106 valence electrons. The Morgan fingerprint density at radius 1 is 1.11 bits per heavy atom. The average Bonchev–Trinajstić information content (AvgIpc) is 1.96. The quantitative estimate of drug-likeness (QED) is 0.520. The van der Waals surface area contributed by atoms with Gasteiger partial charge in [-0.05, 0) is 25.6 Å². The van der Waals surface area contributed by atoms with Gasteiger partial charge in [0.2, 0.25) is 8.32 Å². The van der Waals surface area contributed by atoms with E-state index in [-0.39, 0.29) is 31.0 Å². The molecule has 0 amide bonds. The van der Waals surface area contributed by atoms with E-state index in [1.807, 2.05) is 6.92 Å². The van der Waals surface area contributed by atoms with Crippen LogP contribution in [-0.2, 0) is 24.1 Å². The van der Waals surface area contributed by atoms with Crippen molar-refractivity contribution in [2.45, 2.75) is 38.9 Å². The van der Waals surface area contributed by atoms with Gasteiger partial charge in [0, 0.05) is 0 Å². The SMILES string of the molecule is CCC[Si](C)(C)OS(=O)(=O)CCCS(=O)(=O)O.[LiH]. The molecule has 0 atom stereocenters. The monoisotopic (exact) mass is 312 g/mol. The van der Waals surface area contributed by atoms with E-state index in [0.29, 0.717) is 0 Å². The van der Waals surface area contributed by atoms with E-state index >= 15 is 0 Å². The molecule has 0 aromatic rings. The zero-order chi connectivity index (χ0) is 13.7. The van der Waals surface area contributed by atoms with Gasteiger partial charge in [-0.2, -0.15) is 8.42 Å². The normalized spacial score (nSPS) is 13.1. The molecule has 6 nitrogen and oxygen atoms in total. The van der Waals surface area contributed by atoms with E-state index in [0.717, 1.165) is 12.5 Å². The van der Waals surface area contributed by atoms with Gasteiger partial charge in [-0.3, -0.25) is 4.55 Å². The molecule has 1 N–H and O–H groups in total. The third-order valence-electron chi connectivity index (χ3n) is 2.00. The molecule has 0 aromatic carbocycles. The molecule has 0 aliphatic heterocycles. The first-order valence-corrected chi connectivity index (χ1v) is 11.7. The molecule has 0 saturated heterocycles. The minimum absolute atomic E-state index is 0. The van der Waals surface area contributed by atoms with Gasteiger partial charge in [0.25, 0.3) is 20.2 Å². The Morgan fingerprint density at radius 2 is 1.61 bits per heavy atom. The maximum atomic E-state index is 11.5. The van der Waals surface area contributed by atoms with Crippen molar-refractivity contribution in [2.24, 2.45) is 0 Å².